The molecular weight excluding hydrogens is 342 g/mol. The van der Waals surface area contributed by atoms with E-state index in [1.807, 2.05) is 5.38 Å². The average molecular weight is 360 g/mol. The van der Waals surface area contributed by atoms with E-state index in [0.717, 1.165) is 42.3 Å². The summed E-state index contributed by atoms with van der Waals surface area (Å²) in [6.45, 7) is 2.16. The number of anilines is 1. The Labute approximate surface area is 149 Å². The maximum absolute atomic E-state index is 13.2. The lowest BCUT2D eigenvalue weighted by Crippen LogP contribution is -2.14. The summed E-state index contributed by atoms with van der Waals surface area (Å²) in [5.74, 6) is -1.17. The molecule has 1 unspecified atom stereocenters. The van der Waals surface area contributed by atoms with E-state index in [2.05, 4.69) is 35.5 Å². The van der Waals surface area contributed by atoms with E-state index < -0.39 is 11.6 Å². The van der Waals surface area contributed by atoms with Crippen LogP contribution in [0.5, 0.6) is 0 Å². The zero-order valence-corrected chi connectivity index (χ0v) is 14.6. The van der Waals surface area contributed by atoms with Crippen molar-refractivity contribution in [1.82, 2.24) is 4.98 Å². The van der Waals surface area contributed by atoms with Crippen LogP contribution in [0.4, 0.5) is 13.9 Å². The largest absolute Gasteiger partial charge is 0.302 e. The summed E-state index contributed by atoms with van der Waals surface area (Å²) in [6, 6.07) is 3.08. The van der Waals surface area contributed by atoms with Gasteiger partial charge in [0.05, 0.1) is 12.1 Å². The molecule has 130 valence electrons. The van der Waals surface area contributed by atoms with Crippen LogP contribution in [0.15, 0.2) is 41.8 Å². The maximum atomic E-state index is 13.2. The molecule has 6 heteroatoms. The van der Waals surface area contributed by atoms with Crippen molar-refractivity contribution in [3.63, 3.8) is 0 Å². The van der Waals surface area contributed by atoms with Gasteiger partial charge in [0.2, 0.25) is 5.91 Å². The van der Waals surface area contributed by atoms with Crippen LogP contribution in [0.25, 0.3) is 5.57 Å². The molecule has 1 aliphatic rings. The topological polar surface area (TPSA) is 42.0 Å². The van der Waals surface area contributed by atoms with Gasteiger partial charge in [0.15, 0.2) is 5.13 Å². The molecule has 1 aromatic heterocycles. The van der Waals surface area contributed by atoms with Crippen LogP contribution in [0.1, 0.15) is 31.0 Å². The molecule has 25 heavy (non-hydrogen) atoms. The molecule has 0 radical (unpaired) electrons. The number of allylic oxidation sites excluding steroid dienone is 4. The molecule has 1 atom stereocenters. The van der Waals surface area contributed by atoms with E-state index in [0.29, 0.717) is 11.0 Å². The number of amides is 1. The van der Waals surface area contributed by atoms with Crippen LogP contribution in [-0.4, -0.2) is 10.9 Å². The lowest BCUT2D eigenvalue weighted by Gasteiger charge is -2.12. The Bertz CT molecular complexity index is 821. The predicted octanol–water partition coefficient (Wildman–Crippen LogP) is 4.97. The third kappa shape index (κ3) is 4.60. The maximum Gasteiger partial charge on any atom is 0.230 e. The summed E-state index contributed by atoms with van der Waals surface area (Å²) in [4.78, 5) is 16.5. The molecule has 1 N–H and O–H groups in total. The van der Waals surface area contributed by atoms with E-state index in [1.54, 1.807) is 0 Å². The summed E-state index contributed by atoms with van der Waals surface area (Å²) < 4.78 is 26.3. The molecule has 0 fully saturated rings. The van der Waals surface area contributed by atoms with Gasteiger partial charge in [0.1, 0.15) is 11.6 Å². The lowest BCUT2D eigenvalue weighted by atomic mass is 9.94. The minimum atomic E-state index is -0.694. The van der Waals surface area contributed by atoms with E-state index in [4.69, 9.17) is 0 Å². The highest BCUT2D eigenvalue weighted by molar-refractivity contribution is 7.14. The monoisotopic (exact) mass is 360 g/mol. The van der Waals surface area contributed by atoms with Crippen molar-refractivity contribution in [1.29, 1.82) is 0 Å². The number of hydrogen-bond donors (Lipinski definition) is 1. The minimum absolute atomic E-state index is 0.107. The fourth-order valence-electron chi connectivity index (χ4n) is 2.68. The van der Waals surface area contributed by atoms with Gasteiger partial charge in [-0.1, -0.05) is 25.2 Å². The standard InChI is InChI=1S/C19H18F2N2OS/c1-2-12-3-5-14(6-4-12)17-11-25-19(22-17)23-18(24)9-13-7-15(20)10-16(21)8-13/h3,5-8,10-12H,2,4,9H2,1H3,(H,22,23,24). The second-order valence-electron chi connectivity index (χ2n) is 5.96. The molecule has 0 saturated carbocycles. The zero-order valence-electron chi connectivity index (χ0n) is 13.8. The second kappa shape index (κ2) is 7.70. The molecule has 2 aromatic rings. The third-order valence-corrected chi connectivity index (χ3v) is 4.80. The fourth-order valence-corrected chi connectivity index (χ4v) is 3.42. The minimum Gasteiger partial charge on any atom is -0.302 e. The summed E-state index contributed by atoms with van der Waals surface area (Å²) >= 11 is 1.33. The molecule has 1 amide bonds. The zero-order chi connectivity index (χ0) is 17.8. The first kappa shape index (κ1) is 17.5. The highest BCUT2D eigenvalue weighted by atomic mass is 32.1. The number of hydrogen-bond acceptors (Lipinski definition) is 3. The van der Waals surface area contributed by atoms with Crippen molar-refractivity contribution in [2.45, 2.75) is 26.2 Å². The first-order valence-electron chi connectivity index (χ1n) is 8.12. The van der Waals surface area contributed by atoms with Crippen LogP contribution in [-0.2, 0) is 11.2 Å². The normalized spacial score (nSPS) is 16.6. The molecule has 3 nitrogen and oxygen atoms in total. The van der Waals surface area contributed by atoms with Gasteiger partial charge in [-0.25, -0.2) is 13.8 Å². The Hall–Kier alpha value is -2.34. The molecule has 1 aliphatic carbocycles. The van der Waals surface area contributed by atoms with Gasteiger partial charge in [0, 0.05) is 11.4 Å². The quantitative estimate of drug-likeness (QED) is 0.818. The molecular formula is C19H18F2N2OS. The second-order valence-corrected chi connectivity index (χ2v) is 6.82. The van der Waals surface area contributed by atoms with Crippen molar-refractivity contribution < 1.29 is 13.6 Å². The number of halogens is 2. The first-order chi connectivity index (χ1) is 12.0. The summed E-state index contributed by atoms with van der Waals surface area (Å²) in [6.07, 6.45) is 8.40. The smallest absolute Gasteiger partial charge is 0.230 e. The van der Waals surface area contributed by atoms with Gasteiger partial charge in [-0.15, -0.1) is 11.3 Å². The van der Waals surface area contributed by atoms with Crippen molar-refractivity contribution >= 4 is 27.9 Å². The molecule has 0 saturated heterocycles. The SMILES string of the molecule is CCC1C=CC(c2csc(NC(=O)Cc3cc(F)cc(F)c3)n2)=CC1. The Morgan fingerprint density at radius 1 is 1.32 bits per heavy atom. The Morgan fingerprint density at radius 3 is 2.72 bits per heavy atom. The van der Waals surface area contributed by atoms with Crippen molar-refractivity contribution in [2.24, 2.45) is 5.92 Å². The van der Waals surface area contributed by atoms with Crippen molar-refractivity contribution in [2.75, 3.05) is 5.32 Å². The summed E-state index contributed by atoms with van der Waals surface area (Å²) in [5, 5.41) is 5.05. The van der Waals surface area contributed by atoms with Gasteiger partial charge < -0.3 is 5.32 Å². The van der Waals surface area contributed by atoms with Crippen LogP contribution in [0.3, 0.4) is 0 Å². The Balaban J connectivity index is 1.62. The van der Waals surface area contributed by atoms with E-state index in [-0.39, 0.29) is 17.9 Å². The number of aromatic nitrogens is 1. The lowest BCUT2D eigenvalue weighted by molar-refractivity contribution is -0.115. The van der Waals surface area contributed by atoms with E-state index in [1.165, 1.54) is 11.3 Å². The number of carbonyl (C=O) groups is 1. The number of rotatable bonds is 5. The number of nitrogens with one attached hydrogen (secondary N) is 1. The first-order valence-corrected chi connectivity index (χ1v) is 9.00. The average Bonchev–Trinajstić information content (AvgIpc) is 3.02. The van der Waals surface area contributed by atoms with Crippen LogP contribution < -0.4 is 5.32 Å². The Morgan fingerprint density at radius 2 is 2.08 bits per heavy atom. The van der Waals surface area contributed by atoms with E-state index >= 15 is 0 Å². The number of carbonyl (C=O) groups excluding carboxylic acids is 1. The van der Waals surface area contributed by atoms with Gasteiger partial charge in [-0.3, -0.25) is 4.79 Å². The fraction of sp³-hybridized carbons (Fsp3) is 0.263. The van der Waals surface area contributed by atoms with Gasteiger partial charge >= 0.3 is 0 Å². The molecule has 1 heterocycles. The van der Waals surface area contributed by atoms with Gasteiger partial charge in [0.25, 0.3) is 0 Å². The Kier molecular flexibility index (Phi) is 5.38. The molecule has 1 aromatic carbocycles. The van der Waals surface area contributed by atoms with Gasteiger partial charge in [-0.2, -0.15) is 0 Å². The van der Waals surface area contributed by atoms with Gasteiger partial charge in [-0.05, 0) is 42.0 Å². The molecule has 0 aliphatic heterocycles. The van der Waals surface area contributed by atoms with Crippen molar-refractivity contribution in [3.8, 4) is 0 Å². The molecule has 0 spiro atoms. The molecule has 0 bridgehead atoms. The highest BCUT2D eigenvalue weighted by Gasteiger charge is 2.13. The number of benzene rings is 1. The third-order valence-electron chi connectivity index (χ3n) is 4.05. The van der Waals surface area contributed by atoms with E-state index in [9.17, 15) is 13.6 Å². The number of thiazole rings is 1. The van der Waals surface area contributed by atoms with Crippen LogP contribution in [0, 0.1) is 17.6 Å². The van der Waals surface area contributed by atoms with Crippen LogP contribution >= 0.6 is 11.3 Å². The highest BCUT2D eigenvalue weighted by Crippen LogP contribution is 2.28. The van der Waals surface area contributed by atoms with Crippen molar-refractivity contribution in [3.05, 3.63) is 64.7 Å². The van der Waals surface area contributed by atoms with Crippen LogP contribution in [0.2, 0.25) is 0 Å². The molecule has 3 rings (SSSR count). The summed E-state index contributed by atoms with van der Waals surface area (Å²) in [7, 11) is 0. The summed E-state index contributed by atoms with van der Waals surface area (Å²) in [5.41, 5.74) is 2.16. The predicted molar refractivity (Wildman–Crippen MR) is 96.3 cm³/mol. The number of nitrogens with zero attached hydrogens (tertiary/aromatic N) is 1.